The van der Waals surface area contributed by atoms with Gasteiger partial charge in [0.25, 0.3) is 0 Å². The fourth-order valence-electron chi connectivity index (χ4n) is 2.47. The Morgan fingerprint density at radius 3 is 2.36 bits per heavy atom. The molecule has 2 aromatic carbocycles. The van der Waals surface area contributed by atoms with E-state index in [0.29, 0.717) is 17.1 Å². The molecule has 0 spiro atoms. The van der Waals surface area contributed by atoms with Gasteiger partial charge in [-0.05, 0) is 42.8 Å². The summed E-state index contributed by atoms with van der Waals surface area (Å²) in [5.41, 5.74) is -0.854. The van der Waals surface area contributed by atoms with E-state index in [2.05, 4.69) is 5.32 Å². The van der Waals surface area contributed by atoms with Crippen molar-refractivity contribution in [1.82, 2.24) is 4.31 Å². The lowest BCUT2D eigenvalue weighted by Crippen LogP contribution is -2.29. The second-order valence-electron chi connectivity index (χ2n) is 6.14. The van der Waals surface area contributed by atoms with E-state index in [-0.39, 0.29) is 17.3 Å². The molecule has 0 heterocycles. The summed E-state index contributed by atoms with van der Waals surface area (Å²) >= 11 is 11.8. The number of hydrogen-bond acceptors (Lipinski definition) is 3. The fourth-order valence-corrected chi connectivity index (χ4v) is 4.32. The molecule has 0 aromatic heterocycles. The van der Waals surface area contributed by atoms with E-state index in [1.54, 1.807) is 0 Å². The molecule has 28 heavy (non-hydrogen) atoms. The van der Waals surface area contributed by atoms with Crippen molar-refractivity contribution in [3.05, 3.63) is 52.0 Å². The van der Waals surface area contributed by atoms with Gasteiger partial charge in [-0.1, -0.05) is 36.5 Å². The van der Waals surface area contributed by atoms with E-state index in [0.717, 1.165) is 22.9 Å². The Hall–Kier alpha value is -1.48. The van der Waals surface area contributed by atoms with Crippen LogP contribution in [0.5, 0.6) is 0 Å². The largest absolute Gasteiger partial charge is 0.417 e. The first kappa shape index (κ1) is 22.8. The van der Waals surface area contributed by atoms with Gasteiger partial charge in [0.2, 0.25) is 10.0 Å². The van der Waals surface area contributed by atoms with Crippen molar-refractivity contribution in [2.24, 2.45) is 0 Å². The molecule has 0 amide bonds. The molecule has 1 N–H and O–H groups in total. The van der Waals surface area contributed by atoms with Crippen molar-refractivity contribution in [2.45, 2.75) is 30.8 Å². The molecule has 10 heteroatoms. The highest BCUT2D eigenvalue weighted by molar-refractivity contribution is 7.89. The minimum absolute atomic E-state index is 0.0479. The van der Waals surface area contributed by atoms with E-state index < -0.39 is 26.7 Å². The molecule has 0 aliphatic heterocycles. The summed E-state index contributed by atoms with van der Waals surface area (Å²) in [6.45, 7) is 2.00. The number of hydrogen-bond donors (Lipinski definition) is 1. The Morgan fingerprint density at radius 1 is 1.11 bits per heavy atom. The number of halogens is 5. The number of nitrogens with zero attached hydrogens (tertiary/aromatic N) is 1. The summed E-state index contributed by atoms with van der Waals surface area (Å²) < 4.78 is 67.0. The summed E-state index contributed by atoms with van der Waals surface area (Å²) in [6, 6.07) is 7.46. The first-order valence-electron chi connectivity index (χ1n) is 8.36. The number of anilines is 2. The minimum atomic E-state index is -4.85. The lowest BCUT2D eigenvalue weighted by Gasteiger charge is -2.21. The molecule has 0 aliphatic carbocycles. The SMILES string of the molecule is CCCCN(C)S(=O)(=O)c1ccc(Nc2ccc(Cl)cc2Cl)cc1C(F)(F)F. The van der Waals surface area contributed by atoms with Crippen molar-refractivity contribution in [2.75, 3.05) is 18.9 Å². The van der Waals surface area contributed by atoms with Crippen LogP contribution in [0.1, 0.15) is 25.3 Å². The van der Waals surface area contributed by atoms with Gasteiger partial charge in [0, 0.05) is 24.3 Å². The highest BCUT2D eigenvalue weighted by atomic mass is 35.5. The molecule has 0 bridgehead atoms. The molecule has 0 saturated carbocycles. The van der Waals surface area contributed by atoms with Gasteiger partial charge in [-0.15, -0.1) is 0 Å². The van der Waals surface area contributed by atoms with Gasteiger partial charge >= 0.3 is 6.18 Å². The maximum atomic E-state index is 13.6. The zero-order chi connectivity index (χ0) is 21.1. The van der Waals surface area contributed by atoms with E-state index in [9.17, 15) is 21.6 Å². The number of alkyl halides is 3. The van der Waals surface area contributed by atoms with Crippen LogP contribution in [-0.2, 0) is 16.2 Å². The fraction of sp³-hybridized carbons (Fsp3) is 0.333. The minimum Gasteiger partial charge on any atom is -0.354 e. The third-order valence-corrected chi connectivity index (χ3v) is 6.47. The van der Waals surface area contributed by atoms with E-state index >= 15 is 0 Å². The van der Waals surface area contributed by atoms with Crippen LogP contribution in [0.25, 0.3) is 0 Å². The molecule has 154 valence electrons. The third-order valence-electron chi connectivity index (χ3n) is 4.01. The van der Waals surface area contributed by atoms with Gasteiger partial charge in [-0.2, -0.15) is 13.2 Å². The first-order valence-corrected chi connectivity index (χ1v) is 10.6. The quantitative estimate of drug-likeness (QED) is 0.543. The second-order valence-corrected chi connectivity index (χ2v) is 8.99. The molecule has 2 rings (SSSR count). The van der Waals surface area contributed by atoms with Gasteiger partial charge in [0.15, 0.2) is 0 Å². The Balaban J connectivity index is 2.47. The molecule has 0 saturated heterocycles. The van der Waals surface area contributed by atoms with Crippen molar-refractivity contribution in [3.63, 3.8) is 0 Å². The monoisotopic (exact) mass is 454 g/mol. The number of nitrogens with one attached hydrogen (secondary N) is 1. The van der Waals surface area contributed by atoms with Crippen molar-refractivity contribution >= 4 is 44.6 Å². The average Bonchev–Trinajstić information content (AvgIpc) is 2.61. The molecule has 0 radical (unpaired) electrons. The number of sulfonamides is 1. The lowest BCUT2D eigenvalue weighted by molar-refractivity contribution is -0.139. The molecule has 4 nitrogen and oxygen atoms in total. The van der Waals surface area contributed by atoms with Gasteiger partial charge < -0.3 is 5.32 Å². The summed E-state index contributed by atoms with van der Waals surface area (Å²) in [5.74, 6) is 0. The van der Waals surface area contributed by atoms with Crippen LogP contribution in [0.3, 0.4) is 0 Å². The molecule has 0 atom stereocenters. The maximum Gasteiger partial charge on any atom is 0.417 e. The van der Waals surface area contributed by atoms with Crippen molar-refractivity contribution in [3.8, 4) is 0 Å². The summed E-state index contributed by atoms with van der Waals surface area (Å²) in [6.07, 6.45) is -3.59. The van der Waals surface area contributed by atoms with Crippen molar-refractivity contribution < 1.29 is 21.6 Å². The van der Waals surface area contributed by atoms with Crippen LogP contribution in [0.2, 0.25) is 10.0 Å². The molecule has 0 fully saturated rings. The summed E-state index contributed by atoms with van der Waals surface area (Å²) in [7, 11) is -3.02. The van der Waals surface area contributed by atoms with E-state index in [4.69, 9.17) is 23.2 Å². The van der Waals surface area contributed by atoms with Crippen LogP contribution < -0.4 is 5.32 Å². The molecular weight excluding hydrogens is 436 g/mol. The number of rotatable bonds is 7. The zero-order valence-electron chi connectivity index (χ0n) is 15.1. The average molecular weight is 455 g/mol. The first-order chi connectivity index (χ1) is 13.0. The number of benzene rings is 2. The topological polar surface area (TPSA) is 49.4 Å². The second kappa shape index (κ2) is 8.90. The molecule has 0 unspecified atom stereocenters. The van der Waals surface area contributed by atoms with Crippen LogP contribution in [0.4, 0.5) is 24.5 Å². The Labute approximate surface area is 172 Å². The van der Waals surface area contributed by atoms with Crippen LogP contribution in [0.15, 0.2) is 41.3 Å². The predicted molar refractivity (Wildman–Crippen MR) is 106 cm³/mol. The third kappa shape index (κ3) is 5.31. The van der Waals surface area contributed by atoms with Crippen LogP contribution in [0, 0.1) is 0 Å². The predicted octanol–water partition coefficient (Wildman–Crippen LogP) is 6.18. The van der Waals surface area contributed by atoms with E-state index in [1.165, 1.54) is 31.3 Å². The molecular formula is C18H19Cl2F3N2O2S. The Morgan fingerprint density at radius 2 is 1.79 bits per heavy atom. The molecule has 2 aromatic rings. The Kier molecular flexibility index (Phi) is 7.25. The number of unbranched alkanes of at least 4 members (excludes halogenated alkanes) is 1. The van der Waals surface area contributed by atoms with Gasteiger partial charge in [0.1, 0.15) is 0 Å². The van der Waals surface area contributed by atoms with Crippen LogP contribution >= 0.6 is 23.2 Å². The Bertz CT molecular complexity index is 950. The highest BCUT2D eigenvalue weighted by Crippen LogP contribution is 2.38. The smallest absolute Gasteiger partial charge is 0.354 e. The van der Waals surface area contributed by atoms with E-state index in [1.807, 2.05) is 6.92 Å². The highest BCUT2D eigenvalue weighted by Gasteiger charge is 2.38. The summed E-state index contributed by atoms with van der Waals surface area (Å²) in [5, 5.41) is 3.35. The van der Waals surface area contributed by atoms with Gasteiger partial charge in [0.05, 0.1) is 21.2 Å². The zero-order valence-corrected chi connectivity index (χ0v) is 17.5. The summed E-state index contributed by atoms with van der Waals surface area (Å²) in [4.78, 5) is -0.786. The normalized spacial score (nSPS) is 12.4. The van der Waals surface area contributed by atoms with Gasteiger partial charge in [-0.3, -0.25) is 0 Å². The van der Waals surface area contributed by atoms with Crippen molar-refractivity contribution in [1.29, 1.82) is 0 Å². The lowest BCUT2D eigenvalue weighted by atomic mass is 10.2. The maximum absolute atomic E-state index is 13.6. The molecule has 0 aliphatic rings. The van der Waals surface area contributed by atoms with Crippen LogP contribution in [-0.4, -0.2) is 26.3 Å². The van der Waals surface area contributed by atoms with Gasteiger partial charge in [-0.25, -0.2) is 12.7 Å². The standard InChI is InChI=1S/C18H19Cl2F3N2O2S/c1-3-4-9-25(2)28(26,27)17-8-6-13(11-14(17)18(21,22)23)24-16-7-5-12(19)10-15(16)20/h5-8,10-11,24H,3-4,9H2,1-2H3.